The molecule has 0 radical (unpaired) electrons. The lowest BCUT2D eigenvalue weighted by molar-refractivity contribution is 0.196. The minimum Gasteiger partial charge on any atom is -0.312 e. The lowest BCUT2D eigenvalue weighted by Gasteiger charge is -2.30. The summed E-state index contributed by atoms with van der Waals surface area (Å²) < 4.78 is 0. The van der Waals surface area contributed by atoms with Crippen LogP contribution in [0.4, 0.5) is 0 Å². The average Bonchev–Trinajstić information content (AvgIpc) is 3.10. The van der Waals surface area contributed by atoms with E-state index >= 15 is 0 Å². The number of rotatable bonds is 4. The molecule has 0 amide bonds. The summed E-state index contributed by atoms with van der Waals surface area (Å²) in [5.41, 5.74) is 0. The van der Waals surface area contributed by atoms with Gasteiger partial charge in [-0.25, -0.2) is 0 Å². The quantitative estimate of drug-likeness (QED) is 0.838. The van der Waals surface area contributed by atoms with E-state index in [2.05, 4.69) is 17.3 Å². The Balaban J connectivity index is 1.28. The summed E-state index contributed by atoms with van der Waals surface area (Å²) in [6.45, 7) is 3.98. The summed E-state index contributed by atoms with van der Waals surface area (Å²) in [7, 11) is 2.37. The van der Waals surface area contributed by atoms with Crippen molar-refractivity contribution in [2.24, 2.45) is 29.6 Å². The Morgan fingerprint density at radius 1 is 1.00 bits per heavy atom. The standard InChI is InChI=1S/C17H30N2/c1-19(10-15-8-12-5-6-13(15)7-12)11-17-16-4-2-3-14(16)9-18-17/h12-18H,2-11H2,1H3. The van der Waals surface area contributed by atoms with Gasteiger partial charge in [-0.3, -0.25) is 0 Å². The Morgan fingerprint density at radius 3 is 2.74 bits per heavy atom. The molecule has 0 aromatic heterocycles. The predicted octanol–water partition coefficient (Wildman–Crippen LogP) is 2.74. The van der Waals surface area contributed by atoms with Crippen LogP contribution in [-0.4, -0.2) is 37.6 Å². The van der Waals surface area contributed by atoms with Crippen LogP contribution in [0.1, 0.15) is 44.9 Å². The maximum absolute atomic E-state index is 3.81. The predicted molar refractivity (Wildman–Crippen MR) is 79.1 cm³/mol. The molecule has 0 aromatic rings. The lowest BCUT2D eigenvalue weighted by Crippen LogP contribution is -2.41. The molecule has 1 saturated heterocycles. The van der Waals surface area contributed by atoms with E-state index in [1.165, 1.54) is 45.3 Å². The largest absolute Gasteiger partial charge is 0.312 e. The second kappa shape index (κ2) is 5.04. The molecular formula is C17H30N2. The highest BCUT2D eigenvalue weighted by Gasteiger charge is 2.41. The van der Waals surface area contributed by atoms with E-state index in [1.54, 1.807) is 19.3 Å². The van der Waals surface area contributed by atoms with Crippen LogP contribution < -0.4 is 5.32 Å². The highest BCUT2D eigenvalue weighted by atomic mass is 15.1. The van der Waals surface area contributed by atoms with Crippen molar-refractivity contribution in [3.8, 4) is 0 Å². The van der Waals surface area contributed by atoms with Crippen molar-refractivity contribution in [1.29, 1.82) is 0 Å². The second-order valence-electron chi connectivity index (χ2n) is 8.03. The monoisotopic (exact) mass is 262 g/mol. The molecule has 2 bridgehead atoms. The summed E-state index contributed by atoms with van der Waals surface area (Å²) in [6, 6.07) is 0.802. The van der Waals surface area contributed by atoms with Gasteiger partial charge in [-0.15, -0.1) is 0 Å². The average molecular weight is 262 g/mol. The molecular weight excluding hydrogens is 232 g/mol. The Hall–Kier alpha value is -0.0800. The summed E-state index contributed by atoms with van der Waals surface area (Å²) in [5, 5.41) is 3.81. The number of fused-ring (bicyclic) bond motifs is 3. The Labute approximate surface area is 118 Å². The minimum absolute atomic E-state index is 0.802. The van der Waals surface area contributed by atoms with Gasteiger partial charge in [0, 0.05) is 19.1 Å². The molecule has 3 saturated carbocycles. The Morgan fingerprint density at radius 2 is 1.95 bits per heavy atom. The number of likely N-dealkylation sites (N-methyl/N-ethyl adjacent to an activating group) is 1. The highest BCUT2D eigenvalue weighted by Crippen LogP contribution is 2.48. The molecule has 3 aliphatic carbocycles. The van der Waals surface area contributed by atoms with Gasteiger partial charge in [-0.1, -0.05) is 12.8 Å². The van der Waals surface area contributed by atoms with Crippen LogP contribution >= 0.6 is 0 Å². The van der Waals surface area contributed by atoms with Gasteiger partial charge in [-0.2, -0.15) is 0 Å². The van der Waals surface area contributed by atoms with Crippen LogP contribution in [0, 0.1) is 29.6 Å². The van der Waals surface area contributed by atoms with E-state index in [9.17, 15) is 0 Å². The second-order valence-corrected chi connectivity index (χ2v) is 8.03. The summed E-state index contributed by atoms with van der Waals surface area (Å²) in [6.07, 6.45) is 10.6. The van der Waals surface area contributed by atoms with E-state index < -0.39 is 0 Å². The molecule has 4 rings (SSSR count). The first kappa shape index (κ1) is 12.6. The van der Waals surface area contributed by atoms with Crippen LogP contribution in [0.3, 0.4) is 0 Å². The molecule has 1 N–H and O–H groups in total. The molecule has 1 heterocycles. The van der Waals surface area contributed by atoms with Gasteiger partial charge >= 0.3 is 0 Å². The third-order valence-corrected chi connectivity index (χ3v) is 6.82. The molecule has 2 nitrogen and oxygen atoms in total. The molecule has 4 aliphatic rings. The fourth-order valence-corrected chi connectivity index (χ4v) is 5.91. The van der Waals surface area contributed by atoms with Gasteiger partial charge in [0.15, 0.2) is 0 Å². The van der Waals surface area contributed by atoms with E-state index in [0.29, 0.717) is 0 Å². The fourth-order valence-electron chi connectivity index (χ4n) is 5.91. The van der Waals surface area contributed by atoms with Gasteiger partial charge in [0.1, 0.15) is 0 Å². The SMILES string of the molecule is CN(CC1CC2CCC1C2)CC1NCC2CCCC21. The van der Waals surface area contributed by atoms with Gasteiger partial charge in [0.25, 0.3) is 0 Å². The fraction of sp³-hybridized carbons (Fsp3) is 1.00. The van der Waals surface area contributed by atoms with Gasteiger partial charge in [-0.05, 0) is 75.3 Å². The summed E-state index contributed by atoms with van der Waals surface area (Å²) >= 11 is 0. The van der Waals surface area contributed by atoms with E-state index in [0.717, 1.165) is 35.6 Å². The van der Waals surface area contributed by atoms with Crippen LogP contribution in [-0.2, 0) is 0 Å². The molecule has 4 fully saturated rings. The highest BCUT2D eigenvalue weighted by molar-refractivity contribution is 4.96. The first-order valence-electron chi connectivity index (χ1n) is 8.71. The molecule has 6 atom stereocenters. The zero-order chi connectivity index (χ0) is 12.8. The maximum atomic E-state index is 3.81. The lowest BCUT2D eigenvalue weighted by atomic mass is 9.88. The molecule has 19 heavy (non-hydrogen) atoms. The topological polar surface area (TPSA) is 15.3 Å². The van der Waals surface area contributed by atoms with E-state index in [-0.39, 0.29) is 0 Å². The van der Waals surface area contributed by atoms with E-state index in [4.69, 9.17) is 0 Å². The van der Waals surface area contributed by atoms with E-state index in [1.807, 2.05) is 0 Å². The third kappa shape index (κ3) is 2.35. The van der Waals surface area contributed by atoms with Crippen molar-refractivity contribution < 1.29 is 0 Å². The summed E-state index contributed by atoms with van der Waals surface area (Å²) in [5.74, 6) is 5.24. The van der Waals surface area contributed by atoms with Gasteiger partial charge in [0.2, 0.25) is 0 Å². The maximum Gasteiger partial charge on any atom is 0.0226 e. The number of nitrogens with one attached hydrogen (secondary N) is 1. The first-order chi connectivity index (χ1) is 9.29. The normalized spacial score (nSPS) is 48.3. The molecule has 0 spiro atoms. The van der Waals surface area contributed by atoms with Crippen LogP contribution in [0.15, 0.2) is 0 Å². The molecule has 2 heteroatoms. The van der Waals surface area contributed by atoms with Gasteiger partial charge in [0.05, 0.1) is 0 Å². The van der Waals surface area contributed by atoms with Crippen LogP contribution in [0.5, 0.6) is 0 Å². The van der Waals surface area contributed by atoms with Crippen molar-refractivity contribution in [3.05, 3.63) is 0 Å². The Kier molecular flexibility index (Phi) is 3.35. The van der Waals surface area contributed by atoms with Gasteiger partial charge < -0.3 is 10.2 Å². The minimum atomic E-state index is 0.802. The molecule has 1 aliphatic heterocycles. The molecule has 6 unspecified atom stereocenters. The zero-order valence-electron chi connectivity index (χ0n) is 12.5. The number of hydrogen-bond donors (Lipinski definition) is 1. The van der Waals surface area contributed by atoms with Crippen LogP contribution in [0.25, 0.3) is 0 Å². The van der Waals surface area contributed by atoms with Crippen molar-refractivity contribution in [1.82, 2.24) is 10.2 Å². The molecule has 0 aromatic carbocycles. The smallest absolute Gasteiger partial charge is 0.0226 e. The number of hydrogen-bond acceptors (Lipinski definition) is 2. The first-order valence-corrected chi connectivity index (χ1v) is 8.71. The van der Waals surface area contributed by atoms with Crippen molar-refractivity contribution in [3.63, 3.8) is 0 Å². The zero-order valence-corrected chi connectivity index (χ0v) is 12.5. The molecule has 108 valence electrons. The van der Waals surface area contributed by atoms with Crippen molar-refractivity contribution >= 4 is 0 Å². The number of nitrogens with zero attached hydrogens (tertiary/aromatic N) is 1. The van der Waals surface area contributed by atoms with Crippen molar-refractivity contribution in [2.45, 2.75) is 51.0 Å². The van der Waals surface area contributed by atoms with Crippen LogP contribution in [0.2, 0.25) is 0 Å². The summed E-state index contributed by atoms with van der Waals surface area (Å²) in [4.78, 5) is 2.66. The van der Waals surface area contributed by atoms with Crippen molar-refractivity contribution in [2.75, 3.05) is 26.7 Å². The third-order valence-electron chi connectivity index (χ3n) is 6.82. The Bertz CT molecular complexity index is 329.